The van der Waals surface area contributed by atoms with E-state index in [1.165, 1.54) is 55.6 Å². The Morgan fingerprint density at radius 3 is 1.68 bits per heavy atom. The first-order valence-corrected chi connectivity index (χ1v) is 25.8. The van der Waals surface area contributed by atoms with E-state index in [4.69, 9.17) is 29.0 Å². The molecule has 0 atom stereocenters. The molecule has 16 rings (SSSR count). The second kappa shape index (κ2) is 16.2. The molecule has 0 radical (unpaired) electrons. The molecule has 0 amide bonds. The van der Waals surface area contributed by atoms with Gasteiger partial charge in [0.25, 0.3) is 0 Å². The molecule has 0 saturated carbocycles. The molecule has 76 heavy (non-hydrogen) atoms. The number of furan rings is 3. The van der Waals surface area contributed by atoms with Crippen LogP contribution in [0.15, 0.2) is 260 Å². The minimum Gasteiger partial charge on any atom is -0.456 e. The van der Waals surface area contributed by atoms with E-state index >= 15 is 0 Å². The van der Waals surface area contributed by atoms with Crippen molar-refractivity contribution < 1.29 is 13.3 Å². The molecule has 1 spiro atoms. The van der Waals surface area contributed by atoms with Crippen LogP contribution in [0.2, 0.25) is 0 Å². The Kier molecular flexibility index (Phi) is 9.07. The summed E-state index contributed by atoms with van der Waals surface area (Å²) in [4.78, 5) is 10.5. The largest absolute Gasteiger partial charge is 0.456 e. The van der Waals surface area contributed by atoms with Crippen molar-refractivity contribution in [3.05, 3.63) is 276 Å². The maximum atomic E-state index is 7.00. The zero-order chi connectivity index (χ0) is 50.1. The zero-order valence-electron chi connectivity index (χ0n) is 40.9. The summed E-state index contributed by atoms with van der Waals surface area (Å²) in [5, 5.41) is 5.95. The number of nitrogens with zero attached hydrogens (tertiary/aromatic N) is 2. The summed E-state index contributed by atoms with van der Waals surface area (Å²) in [6, 6.07) is 83.7. The fraction of sp³-hybridized carbons (Fsp3) is 0.0286. The minimum absolute atomic E-state index is 0.317. The van der Waals surface area contributed by atoms with Crippen LogP contribution in [0.1, 0.15) is 38.9 Å². The number of hydrogen-bond donors (Lipinski definition) is 1. The monoisotopic (exact) mass is 973 g/mol. The highest BCUT2D eigenvalue weighted by Gasteiger charge is 2.52. The lowest BCUT2D eigenvalue weighted by Gasteiger charge is -2.30. The lowest BCUT2D eigenvalue weighted by molar-refractivity contribution is 0.668. The molecule has 0 aliphatic heterocycles. The Balaban J connectivity index is 0.787. The Bertz CT molecular complexity index is 4770. The lowest BCUT2D eigenvalue weighted by Crippen LogP contribution is -2.25. The number of benzene rings is 11. The molecular weight excluding hydrogens is 931 g/mol. The number of hydrogen-bond acceptors (Lipinski definition) is 4. The summed E-state index contributed by atoms with van der Waals surface area (Å²) in [6.07, 6.45) is 0. The van der Waals surface area contributed by atoms with Crippen LogP contribution in [0.25, 0.3) is 110 Å². The number of nitrogens with two attached hydrogens (primary N) is 1. The molecule has 0 unspecified atom stereocenters. The van der Waals surface area contributed by atoms with Crippen LogP contribution >= 0.6 is 0 Å². The summed E-state index contributed by atoms with van der Waals surface area (Å²) < 4.78 is 19.1. The summed E-state index contributed by atoms with van der Waals surface area (Å²) in [5.41, 5.74) is 29.2. The van der Waals surface area contributed by atoms with Gasteiger partial charge in [0.05, 0.1) is 12.0 Å². The number of para-hydroxylation sites is 2. The van der Waals surface area contributed by atoms with Gasteiger partial charge in [-0.25, -0.2) is 4.99 Å². The van der Waals surface area contributed by atoms with Gasteiger partial charge in [0.1, 0.15) is 39.3 Å². The van der Waals surface area contributed by atoms with Crippen molar-refractivity contribution in [2.24, 2.45) is 15.7 Å². The predicted octanol–water partition coefficient (Wildman–Crippen LogP) is 17.4. The summed E-state index contributed by atoms with van der Waals surface area (Å²) in [7, 11) is 0. The molecule has 11 aromatic carbocycles. The summed E-state index contributed by atoms with van der Waals surface area (Å²) in [6.45, 7) is 0.317. The Morgan fingerprint density at radius 1 is 0.382 bits per heavy atom. The standard InChI is InChI=1S/C70H43N3O3/c71-68(44-35-37-61-53(39-44)49-17-4-9-26-59(49)74-61)73-69(52-21-13-29-64-67(52)51-19-5-10-27-60(51)75-64)72-40-45-14-11-28-63-65(45)54-38-43(34-36-62(54)76-63)41-30-32-42(33-31-41)46-20-12-25-58-66(46)50-18-3-8-24-57(50)70(58)55-22-6-1-15-47(55)48-16-2-7-23-56(48)70/h1-39H,40H2,(H2,71,72,73). The zero-order valence-corrected chi connectivity index (χ0v) is 40.9. The number of fused-ring (bicyclic) bond motifs is 19. The predicted molar refractivity (Wildman–Crippen MR) is 309 cm³/mol. The van der Waals surface area contributed by atoms with Crippen LogP contribution < -0.4 is 5.73 Å². The first-order valence-electron chi connectivity index (χ1n) is 25.8. The first-order chi connectivity index (χ1) is 37.6. The van der Waals surface area contributed by atoms with Crippen molar-refractivity contribution in [3.8, 4) is 44.5 Å². The third kappa shape index (κ3) is 6.09. The summed E-state index contributed by atoms with van der Waals surface area (Å²) >= 11 is 0. The van der Waals surface area contributed by atoms with Crippen molar-refractivity contribution in [3.63, 3.8) is 0 Å². The van der Waals surface area contributed by atoms with Crippen LogP contribution in [0.5, 0.6) is 0 Å². The molecule has 14 aromatic rings. The SMILES string of the molecule is NC(=NC(=NCc1cccc2oc3ccc(-c4ccc(-c5cccc6c5-c5ccccc5C65c6ccccc6-c6ccccc65)cc4)cc3c12)c1cccc2oc3ccccc3c12)c1ccc2oc3ccccc3c2c1. The first kappa shape index (κ1) is 42.5. The van der Waals surface area contributed by atoms with Gasteiger partial charge in [0, 0.05) is 43.4 Å². The second-order valence-electron chi connectivity index (χ2n) is 20.0. The van der Waals surface area contributed by atoms with Crippen LogP contribution in [-0.2, 0) is 12.0 Å². The van der Waals surface area contributed by atoms with E-state index < -0.39 is 0 Å². The summed E-state index contributed by atoms with van der Waals surface area (Å²) in [5.74, 6) is 0.840. The molecule has 0 bridgehead atoms. The Labute approximate surface area is 436 Å². The van der Waals surface area contributed by atoms with Gasteiger partial charge in [-0.2, -0.15) is 0 Å². The third-order valence-corrected chi connectivity index (χ3v) is 16.1. The molecule has 6 heteroatoms. The van der Waals surface area contributed by atoms with Crippen molar-refractivity contribution >= 4 is 77.5 Å². The number of aliphatic imine (C=N–C) groups is 2. The number of rotatable bonds is 6. The third-order valence-electron chi connectivity index (χ3n) is 16.1. The average Bonchev–Trinajstić information content (AvgIpc) is 4.48. The molecule has 2 aliphatic rings. The maximum absolute atomic E-state index is 7.00. The van der Waals surface area contributed by atoms with Gasteiger partial charge in [-0.05, 0) is 127 Å². The van der Waals surface area contributed by atoms with Gasteiger partial charge in [-0.3, -0.25) is 4.99 Å². The average molecular weight is 974 g/mol. The molecular formula is C70H43N3O3. The highest BCUT2D eigenvalue weighted by atomic mass is 16.3. The van der Waals surface area contributed by atoms with Gasteiger partial charge in [-0.1, -0.05) is 182 Å². The second-order valence-corrected chi connectivity index (χ2v) is 20.0. The highest BCUT2D eigenvalue weighted by molar-refractivity contribution is 6.21. The van der Waals surface area contributed by atoms with Gasteiger partial charge in [0.15, 0.2) is 5.84 Å². The Hall–Kier alpha value is -10.0. The fourth-order valence-corrected chi connectivity index (χ4v) is 12.8. The molecule has 0 fully saturated rings. The van der Waals surface area contributed by atoms with Crippen molar-refractivity contribution in [2.45, 2.75) is 12.0 Å². The molecule has 356 valence electrons. The molecule has 0 saturated heterocycles. The smallest absolute Gasteiger partial charge is 0.158 e. The molecule has 3 heterocycles. The van der Waals surface area contributed by atoms with E-state index in [1.807, 2.05) is 84.9 Å². The van der Waals surface area contributed by atoms with E-state index in [1.54, 1.807) is 0 Å². The molecule has 6 nitrogen and oxygen atoms in total. The van der Waals surface area contributed by atoms with Crippen molar-refractivity contribution in [1.82, 2.24) is 0 Å². The lowest BCUT2D eigenvalue weighted by atomic mass is 9.70. The molecule has 2 N–H and O–H groups in total. The maximum Gasteiger partial charge on any atom is 0.158 e. The Morgan fingerprint density at radius 2 is 0.908 bits per heavy atom. The van der Waals surface area contributed by atoms with E-state index in [-0.39, 0.29) is 5.41 Å². The van der Waals surface area contributed by atoms with Gasteiger partial charge >= 0.3 is 0 Å². The van der Waals surface area contributed by atoms with E-state index in [0.717, 1.165) is 93.6 Å². The van der Waals surface area contributed by atoms with E-state index in [2.05, 4.69) is 152 Å². The van der Waals surface area contributed by atoms with E-state index in [9.17, 15) is 0 Å². The minimum atomic E-state index is -0.390. The topological polar surface area (TPSA) is 90.2 Å². The fourth-order valence-electron chi connectivity index (χ4n) is 12.8. The van der Waals surface area contributed by atoms with Crippen LogP contribution in [0.4, 0.5) is 0 Å². The van der Waals surface area contributed by atoms with Gasteiger partial charge in [0.2, 0.25) is 0 Å². The normalized spacial score (nSPS) is 13.6. The van der Waals surface area contributed by atoms with Crippen molar-refractivity contribution in [2.75, 3.05) is 0 Å². The van der Waals surface area contributed by atoms with Crippen LogP contribution in [0, 0.1) is 0 Å². The van der Waals surface area contributed by atoms with Gasteiger partial charge in [-0.15, -0.1) is 0 Å². The van der Waals surface area contributed by atoms with Crippen LogP contribution in [-0.4, -0.2) is 11.7 Å². The van der Waals surface area contributed by atoms with E-state index in [0.29, 0.717) is 18.2 Å². The highest BCUT2D eigenvalue weighted by Crippen LogP contribution is 2.64. The number of amidine groups is 2. The van der Waals surface area contributed by atoms with Crippen LogP contribution in [0.3, 0.4) is 0 Å². The van der Waals surface area contributed by atoms with Gasteiger partial charge < -0.3 is 19.0 Å². The molecule has 2 aliphatic carbocycles. The molecule has 3 aromatic heterocycles. The van der Waals surface area contributed by atoms with Crippen molar-refractivity contribution in [1.29, 1.82) is 0 Å². The quantitative estimate of drug-likeness (QED) is 0.133.